The molecule has 1 aromatic rings. The number of benzene rings is 1. The van der Waals surface area contributed by atoms with Crippen molar-refractivity contribution in [3.63, 3.8) is 0 Å². The maximum Gasteiger partial charge on any atom is 0.165 e. The molecule has 108 valence electrons. The average Bonchev–Trinajstić information content (AvgIpc) is 2.32. The number of hydrogen-bond donors (Lipinski definition) is 2. The molecule has 0 aliphatic rings. The molecule has 19 heavy (non-hydrogen) atoms. The Kier molecular flexibility index (Phi) is 6.21. The lowest BCUT2D eigenvalue weighted by Crippen LogP contribution is -2.28. The van der Waals surface area contributed by atoms with Gasteiger partial charge in [-0.25, -0.2) is 4.39 Å². The van der Waals surface area contributed by atoms with Gasteiger partial charge in [-0.15, -0.1) is 0 Å². The van der Waals surface area contributed by atoms with Crippen LogP contribution in [0.1, 0.15) is 19.4 Å². The van der Waals surface area contributed by atoms with Crippen molar-refractivity contribution < 1.29 is 19.0 Å². The van der Waals surface area contributed by atoms with E-state index in [2.05, 4.69) is 5.32 Å². The van der Waals surface area contributed by atoms with E-state index in [1.54, 1.807) is 33.1 Å². The number of nitrogens with one attached hydrogen (secondary N) is 1. The molecular weight excluding hydrogens is 249 g/mol. The molecule has 4 nitrogen and oxygen atoms in total. The highest BCUT2D eigenvalue weighted by Gasteiger charge is 2.17. The molecule has 0 unspecified atom stereocenters. The fraction of sp³-hybridized carbons (Fsp3) is 0.571. The molecule has 0 bridgehead atoms. The van der Waals surface area contributed by atoms with E-state index in [0.29, 0.717) is 19.7 Å². The molecule has 0 amide bonds. The van der Waals surface area contributed by atoms with Crippen molar-refractivity contribution in [3.8, 4) is 5.75 Å². The number of para-hydroxylation sites is 1. The Labute approximate surface area is 113 Å². The summed E-state index contributed by atoms with van der Waals surface area (Å²) in [6.07, 6.45) is 0. The van der Waals surface area contributed by atoms with E-state index in [-0.39, 0.29) is 12.4 Å². The first-order chi connectivity index (χ1) is 8.94. The highest BCUT2D eigenvalue weighted by Crippen LogP contribution is 2.23. The Hall–Kier alpha value is -1.17. The molecule has 1 rings (SSSR count). The Morgan fingerprint density at radius 1 is 1.37 bits per heavy atom. The Bertz CT molecular complexity index is 391. The number of ether oxygens (including phenoxy) is 2. The zero-order valence-corrected chi connectivity index (χ0v) is 11.7. The summed E-state index contributed by atoms with van der Waals surface area (Å²) in [5, 5.41) is 12.8. The SMILES string of the molecule is COCCNCc1cccc(F)c1OCC(C)(C)O. The van der Waals surface area contributed by atoms with E-state index in [0.717, 1.165) is 5.56 Å². The third-order valence-corrected chi connectivity index (χ3v) is 2.42. The summed E-state index contributed by atoms with van der Waals surface area (Å²) in [5.74, 6) is -0.232. The lowest BCUT2D eigenvalue weighted by Gasteiger charge is -2.20. The molecule has 0 aliphatic heterocycles. The number of hydrogen-bond acceptors (Lipinski definition) is 4. The second-order valence-electron chi connectivity index (χ2n) is 5.00. The van der Waals surface area contributed by atoms with E-state index in [4.69, 9.17) is 9.47 Å². The van der Waals surface area contributed by atoms with Gasteiger partial charge in [0.2, 0.25) is 0 Å². The van der Waals surface area contributed by atoms with Gasteiger partial charge in [-0.1, -0.05) is 12.1 Å². The van der Waals surface area contributed by atoms with Crippen LogP contribution in [0.2, 0.25) is 0 Å². The van der Waals surface area contributed by atoms with Crippen molar-refractivity contribution in [1.29, 1.82) is 0 Å². The van der Waals surface area contributed by atoms with Crippen molar-refractivity contribution in [3.05, 3.63) is 29.6 Å². The topological polar surface area (TPSA) is 50.7 Å². The van der Waals surface area contributed by atoms with Crippen LogP contribution in [-0.2, 0) is 11.3 Å². The third kappa shape index (κ3) is 6.00. The van der Waals surface area contributed by atoms with Gasteiger partial charge < -0.3 is 19.9 Å². The number of rotatable bonds is 8. The van der Waals surface area contributed by atoms with Crippen molar-refractivity contribution in [1.82, 2.24) is 5.32 Å². The monoisotopic (exact) mass is 271 g/mol. The summed E-state index contributed by atoms with van der Waals surface area (Å²) in [7, 11) is 1.63. The standard InChI is InChI=1S/C14H22FNO3/c1-14(2,17)10-19-13-11(5-4-6-12(13)15)9-16-7-8-18-3/h4-6,16-17H,7-10H2,1-3H3. The second-order valence-corrected chi connectivity index (χ2v) is 5.00. The van der Waals surface area contributed by atoms with Gasteiger partial charge in [0.1, 0.15) is 6.61 Å². The minimum atomic E-state index is -0.997. The first-order valence-electron chi connectivity index (χ1n) is 6.26. The molecule has 5 heteroatoms. The van der Waals surface area contributed by atoms with E-state index in [1.807, 2.05) is 0 Å². The predicted octanol–water partition coefficient (Wildman–Crippen LogP) is 1.71. The zero-order valence-electron chi connectivity index (χ0n) is 11.7. The maximum absolute atomic E-state index is 13.7. The zero-order chi connectivity index (χ0) is 14.3. The minimum Gasteiger partial charge on any atom is -0.487 e. The van der Waals surface area contributed by atoms with E-state index in [1.165, 1.54) is 6.07 Å². The van der Waals surface area contributed by atoms with Gasteiger partial charge in [-0.05, 0) is 19.9 Å². The summed E-state index contributed by atoms with van der Waals surface area (Å²) >= 11 is 0. The first kappa shape index (κ1) is 15.9. The summed E-state index contributed by atoms with van der Waals surface area (Å²) in [6.45, 7) is 5.03. The highest BCUT2D eigenvalue weighted by molar-refractivity contribution is 5.35. The molecule has 0 atom stereocenters. The van der Waals surface area contributed by atoms with Crippen LogP contribution in [0.25, 0.3) is 0 Å². The maximum atomic E-state index is 13.7. The van der Waals surface area contributed by atoms with Crippen LogP contribution in [0.15, 0.2) is 18.2 Å². The Morgan fingerprint density at radius 2 is 2.11 bits per heavy atom. The normalized spacial score (nSPS) is 11.6. The summed E-state index contributed by atoms with van der Waals surface area (Å²) in [4.78, 5) is 0. The van der Waals surface area contributed by atoms with Crippen LogP contribution in [0.4, 0.5) is 4.39 Å². The van der Waals surface area contributed by atoms with Gasteiger partial charge in [0.15, 0.2) is 11.6 Å². The smallest absolute Gasteiger partial charge is 0.165 e. The van der Waals surface area contributed by atoms with Crippen molar-refractivity contribution in [2.75, 3.05) is 26.9 Å². The van der Waals surface area contributed by atoms with Crippen LogP contribution in [0, 0.1) is 5.82 Å². The summed E-state index contributed by atoms with van der Waals surface area (Å²) in [5.41, 5.74) is -0.274. The fourth-order valence-corrected chi connectivity index (χ4v) is 1.50. The molecule has 0 fully saturated rings. The molecule has 0 saturated heterocycles. The largest absolute Gasteiger partial charge is 0.487 e. The molecule has 0 heterocycles. The minimum absolute atomic E-state index is 0.0407. The molecule has 2 N–H and O–H groups in total. The quantitative estimate of drug-likeness (QED) is 0.707. The molecule has 0 radical (unpaired) electrons. The predicted molar refractivity (Wildman–Crippen MR) is 71.8 cm³/mol. The Morgan fingerprint density at radius 3 is 2.74 bits per heavy atom. The summed E-state index contributed by atoms with van der Waals surface area (Å²) < 4.78 is 24.1. The van der Waals surface area contributed by atoms with Crippen molar-refractivity contribution >= 4 is 0 Å². The van der Waals surface area contributed by atoms with Gasteiger partial charge >= 0.3 is 0 Å². The van der Waals surface area contributed by atoms with Crippen LogP contribution >= 0.6 is 0 Å². The molecule has 0 spiro atoms. The van der Waals surface area contributed by atoms with Gasteiger partial charge in [0.05, 0.1) is 12.2 Å². The molecule has 0 aliphatic carbocycles. The third-order valence-electron chi connectivity index (χ3n) is 2.42. The van der Waals surface area contributed by atoms with Gasteiger partial charge in [-0.2, -0.15) is 0 Å². The van der Waals surface area contributed by atoms with E-state index >= 15 is 0 Å². The molecular formula is C14H22FNO3. The number of aliphatic hydroxyl groups is 1. The van der Waals surface area contributed by atoms with Gasteiger partial charge in [0.25, 0.3) is 0 Å². The van der Waals surface area contributed by atoms with Gasteiger partial charge in [-0.3, -0.25) is 0 Å². The first-order valence-corrected chi connectivity index (χ1v) is 6.26. The fourth-order valence-electron chi connectivity index (χ4n) is 1.50. The summed E-state index contributed by atoms with van der Waals surface area (Å²) in [6, 6.07) is 4.78. The molecule has 0 aromatic heterocycles. The Balaban J connectivity index is 2.66. The van der Waals surface area contributed by atoms with Crippen LogP contribution in [0.3, 0.4) is 0 Å². The van der Waals surface area contributed by atoms with Crippen LogP contribution in [0.5, 0.6) is 5.75 Å². The van der Waals surface area contributed by atoms with Crippen LogP contribution in [-0.4, -0.2) is 37.6 Å². The molecule has 1 aromatic carbocycles. The van der Waals surface area contributed by atoms with Crippen molar-refractivity contribution in [2.24, 2.45) is 0 Å². The van der Waals surface area contributed by atoms with Gasteiger partial charge in [0, 0.05) is 25.8 Å². The lowest BCUT2D eigenvalue weighted by atomic mass is 10.1. The van der Waals surface area contributed by atoms with Crippen LogP contribution < -0.4 is 10.1 Å². The van der Waals surface area contributed by atoms with E-state index in [9.17, 15) is 9.50 Å². The van der Waals surface area contributed by atoms with E-state index < -0.39 is 11.4 Å². The average molecular weight is 271 g/mol. The number of halogens is 1. The second kappa shape index (κ2) is 7.43. The lowest BCUT2D eigenvalue weighted by molar-refractivity contribution is 0.0268. The van der Waals surface area contributed by atoms with Crippen molar-refractivity contribution in [2.45, 2.75) is 26.0 Å². The number of methoxy groups -OCH3 is 1. The highest BCUT2D eigenvalue weighted by atomic mass is 19.1. The molecule has 0 saturated carbocycles.